The van der Waals surface area contributed by atoms with Gasteiger partial charge in [0.25, 0.3) is 0 Å². The molecule has 2 unspecified atom stereocenters. The first-order valence-electron chi connectivity index (χ1n) is 6.90. The molecule has 1 saturated heterocycles. The highest BCUT2D eigenvalue weighted by Gasteiger charge is 2.27. The molecule has 1 aliphatic heterocycles. The summed E-state index contributed by atoms with van der Waals surface area (Å²) in [6.07, 6.45) is 1.15. The predicted molar refractivity (Wildman–Crippen MR) is 74.7 cm³/mol. The molecule has 0 aliphatic carbocycles. The second kappa shape index (κ2) is 6.88. The van der Waals surface area contributed by atoms with Crippen LogP contribution in [-0.2, 0) is 4.74 Å². The van der Waals surface area contributed by atoms with Crippen LogP contribution in [0.25, 0.3) is 0 Å². The van der Waals surface area contributed by atoms with E-state index < -0.39 is 0 Å². The van der Waals surface area contributed by atoms with Crippen LogP contribution in [0.5, 0.6) is 0 Å². The van der Waals surface area contributed by atoms with Crippen LogP contribution in [-0.4, -0.2) is 44.3 Å². The number of nitrogens with zero attached hydrogens (tertiary/aromatic N) is 1. The topological polar surface area (TPSA) is 24.5 Å². The minimum atomic E-state index is 0.397. The van der Waals surface area contributed by atoms with Crippen molar-refractivity contribution in [3.05, 3.63) is 35.9 Å². The number of nitrogens with one attached hydrogen (secondary N) is 1. The van der Waals surface area contributed by atoms with E-state index >= 15 is 0 Å². The number of morpholine rings is 1. The molecule has 1 aromatic carbocycles. The number of hydrogen-bond acceptors (Lipinski definition) is 3. The third kappa shape index (κ3) is 3.10. The van der Waals surface area contributed by atoms with Crippen molar-refractivity contribution in [3.8, 4) is 0 Å². The second-order valence-electron chi connectivity index (χ2n) is 4.80. The lowest BCUT2D eigenvalue weighted by atomic mass is 9.96. The molecule has 1 aromatic rings. The van der Waals surface area contributed by atoms with E-state index in [1.54, 1.807) is 0 Å². The zero-order valence-electron chi connectivity index (χ0n) is 11.4. The van der Waals surface area contributed by atoms with E-state index in [1.807, 2.05) is 0 Å². The van der Waals surface area contributed by atoms with Crippen LogP contribution in [0.3, 0.4) is 0 Å². The molecule has 0 radical (unpaired) electrons. The van der Waals surface area contributed by atoms with Crippen molar-refractivity contribution >= 4 is 0 Å². The van der Waals surface area contributed by atoms with Gasteiger partial charge in [0.1, 0.15) is 0 Å². The Kier molecular flexibility index (Phi) is 5.17. The van der Waals surface area contributed by atoms with E-state index in [0.717, 1.165) is 32.7 Å². The summed E-state index contributed by atoms with van der Waals surface area (Å²) >= 11 is 0. The first-order valence-corrected chi connectivity index (χ1v) is 6.90. The number of rotatable bonds is 5. The molecule has 100 valence electrons. The van der Waals surface area contributed by atoms with E-state index in [0.29, 0.717) is 12.1 Å². The smallest absolute Gasteiger partial charge is 0.0594 e. The van der Waals surface area contributed by atoms with Gasteiger partial charge < -0.3 is 10.1 Å². The molecule has 1 aliphatic rings. The van der Waals surface area contributed by atoms with Crippen LogP contribution in [0.4, 0.5) is 0 Å². The van der Waals surface area contributed by atoms with Crippen LogP contribution in [0.15, 0.2) is 30.3 Å². The van der Waals surface area contributed by atoms with Crippen LogP contribution in [0.2, 0.25) is 0 Å². The molecule has 0 spiro atoms. The molecule has 0 saturated carbocycles. The van der Waals surface area contributed by atoms with Crippen LogP contribution in [0.1, 0.15) is 24.9 Å². The lowest BCUT2D eigenvalue weighted by Gasteiger charge is -2.38. The zero-order valence-corrected chi connectivity index (χ0v) is 11.4. The second-order valence-corrected chi connectivity index (χ2v) is 4.80. The van der Waals surface area contributed by atoms with E-state index in [2.05, 4.69) is 54.5 Å². The van der Waals surface area contributed by atoms with Crippen molar-refractivity contribution in [1.29, 1.82) is 0 Å². The molecular formula is C15H24N2O. The van der Waals surface area contributed by atoms with Gasteiger partial charge in [-0.1, -0.05) is 37.3 Å². The molecule has 1 fully saturated rings. The summed E-state index contributed by atoms with van der Waals surface area (Å²) in [4.78, 5) is 2.55. The molecule has 3 heteroatoms. The molecule has 1 heterocycles. The molecule has 18 heavy (non-hydrogen) atoms. The zero-order chi connectivity index (χ0) is 12.8. The Hall–Kier alpha value is -0.900. The fraction of sp³-hybridized carbons (Fsp3) is 0.600. The number of likely N-dealkylation sites (N-methyl/N-ethyl adjacent to an activating group) is 1. The monoisotopic (exact) mass is 248 g/mol. The SMILES string of the molecule is CCC(C(NC)c1ccccc1)N1CCOCC1. The Morgan fingerprint density at radius 2 is 1.89 bits per heavy atom. The molecule has 3 nitrogen and oxygen atoms in total. The minimum Gasteiger partial charge on any atom is -0.379 e. The van der Waals surface area contributed by atoms with Gasteiger partial charge in [-0.15, -0.1) is 0 Å². The third-order valence-electron chi connectivity index (χ3n) is 3.79. The molecule has 0 aromatic heterocycles. The lowest BCUT2D eigenvalue weighted by molar-refractivity contribution is 0.00730. The van der Waals surface area contributed by atoms with Gasteiger partial charge in [0.2, 0.25) is 0 Å². The highest BCUT2D eigenvalue weighted by Crippen LogP contribution is 2.23. The van der Waals surface area contributed by atoms with Gasteiger partial charge >= 0.3 is 0 Å². The summed E-state index contributed by atoms with van der Waals surface area (Å²) in [6, 6.07) is 11.7. The van der Waals surface area contributed by atoms with Crippen molar-refractivity contribution in [2.24, 2.45) is 0 Å². The van der Waals surface area contributed by atoms with Crippen molar-refractivity contribution in [3.63, 3.8) is 0 Å². The maximum Gasteiger partial charge on any atom is 0.0594 e. The molecule has 0 bridgehead atoms. The summed E-state index contributed by atoms with van der Waals surface area (Å²) in [5.41, 5.74) is 1.37. The van der Waals surface area contributed by atoms with Gasteiger partial charge in [-0.25, -0.2) is 0 Å². The summed E-state index contributed by atoms with van der Waals surface area (Å²) in [5.74, 6) is 0. The summed E-state index contributed by atoms with van der Waals surface area (Å²) in [6.45, 7) is 6.09. The average Bonchev–Trinajstić information content (AvgIpc) is 2.46. The first kappa shape index (κ1) is 13.5. The Morgan fingerprint density at radius 3 is 2.44 bits per heavy atom. The predicted octanol–water partition coefficient (Wildman–Crippen LogP) is 2.06. The van der Waals surface area contributed by atoms with Crippen molar-refractivity contribution in [1.82, 2.24) is 10.2 Å². The number of hydrogen-bond donors (Lipinski definition) is 1. The molecule has 1 N–H and O–H groups in total. The van der Waals surface area contributed by atoms with Gasteiger partial charge in [0.05, 0.1) is 13.2 Å². The molecule has 0 amide bonds. The summed E-state index contributed by atoms with van der Waals surface area (Å²) < 4.78 is 5.45. The van der Waals surface area contributed by atoms with E-state index in [-0.39, 0.29) is 0 Å². The molecule has 2 atom stereocenters. The number of benzene rings is 1. The normalized spacial score (nSPS) is 20.6. The fourth-order valence-corrected chi connectivity index (χ4v) is 2.86. The summed E-state index contributed by atoms with van der Waals surface area (Å²) in [7, 11) is 2.06. The van der Waals surface area contributed by atoms with E-state index in [4.69, 9.17) is 4.74 Å². The van der Waals surface area contributed by atoms with Gasteiger partial charge in [0, 0.05) is 25.2 Å². The van der Waals surface area contributed by atoms with Gasteiger partial charge in [-0.3, -0.25) is 4.90 Å². The Morgan fingerprint density at radius 1 is 1.22 bits per heavy atom. The van der Waals surface area contributed by atoms with Crippen molar-refractivity contribution in [2.45, 2.75) is 25.4 Å². The van der Waals surface area contributed by atoms with Crippen LogP contribution < -0.4 is 5.32 Å². The lowest BCUT2D eigenvalue weighted by Crippen LogP contribution is -2.48. The molecular weight excluding hydrogens is 224 g/mol. The fourth-order valence-electron chi connectivity index (χ4n) is 2.86. The van der Waals surface area contributed by atoms with Gasteiger partial charge in [0.15, 0.2) is 0 Å². The maximum atomic E-state index is 5.45. The largest absolute Gasteiger partial charge is 0.379 e. The Labute approximate surface area is 110 Å². The Bertz CT molecular complexity index is 336. The third-order valence-corrected chi connectivity index (χ3v) is 3.79. The quantitative estimate of drug-likeness (QED) is 0.863. The van der Waals surface area contributed by atoms with Gasteiger partial charge in [-0.2, -0.15) is 0 Å². The minimum absolute atomic E-state index is 0.397. The molecule has 2 rings (SSSR count). The highest BCUT2D eigenvalue weighted by atomic mass is 16.5. The summed E-state index contributed by atoms with van der Waals surface area (Å²) in [5, 5.41) is 3.48. The van der Waals surface area contributed by atoms with Crippen LogP contribution in [0, 0.1) is 0 Å². The average molecular weight is 248 g/mol. The first-order chi connectivity index (χ1) is 8.86. The maximum absolute atomic E-state index is 5.45. The number of ether oxygens (including phenoxy) is 1. The van der Waals surface area contributed by atoms with Crippen LogP contribution >= 0.6 is 0 Å². The van der Waals surface area contributed by atoms with Gasteiger partial charge in [-0.05, 0) is 19.0 Å². The van der Waals surface area contributed by atoms with E-state index in [9.17, 15) is 0 Å². The standard InChI is InChI=1S/C15H24N2O/c1-3-14(17-9-11-18-12-10-17)15(16-2)13-7-5-4-6-8-13/h4-8,14-16H,3,9-12H2,1-2H3. The highest BCUT2D eigenvalue weighted by molar-refractivity contribution is 5.20. The Balaban J connectivity index is 2.13. The van der Waals surface area contributed by atoms with Crippen molar-refractivity contribution < 1.29 is 4.74 Å². The van der Waals surface area contributed by atoms with E-state index in [1.165, 1.54) is 5.56 Å². The van der Waals surface area contributed by atoms with Crippen molar-refractivity contribution in [2.75, 3.05) is 33.4 Å².